The molecule has 3 aromatic heterocycles. The Bertz CT molecular complexity index is 1000. The van der Waals surface area contributed by atoms with Crippen LogP contribution < -0.4 is 10.2 Å². The van der Waals surface area contributed by atoms with Gasteiger partial charge in [-0.05, 0) is 44.2 Å². The molecule has 1 saturated carbocycles. The summed E-state index contributed by atoms with van der Waals surface area (Å²) in [4.78, 5) is 23.5. The van der Waals surface area contributed by atoms with Crippen molar-refractivity contribution in [3.8, 4) is 0 Å². The van der Waals surface area contributed by atoms with E-state index in [1.54, 1.807) is 23.2 Å². The highest BCUT2D eigenvalue weighted by Crippen LogP contribution is 2.30. The highest BCUT2D eigenvalue weighted by molar-refractivity contribution is 6.02. The van der Waals surface area contributed by atoms with Gasteiger partial charge in [-0.1, -0.05) is 0 Å². The molecule has 9 nitrogen and oxygen atoms in total. The number of anilines is 2. The second kappa shape index (κ2) is 6.90. The summed E-state index contributed by atoms with van der Waals surface area (Å²) >= 11 is 0. The summed E-state index contributed by atoms with van der Waals surface area (Å²) in [5, 5.41) is 17.2. The molecule has 0 bridgehead atoms. The smallest absolute Gasteiger partial charge is 0.277 e. The van der Waals surface area contributed by atoms with E-state index >= 15 is 0 Å². The van der Waals surface area contributed by atoms with Gasteiger partial charge in [-0.3, -0.25) is 4.79 Å². The highest BCUT2D eigenvalue weighted by Gasteiger charge is 2.25. The topological polar surface area (TPSA) is 101 Å². The third kappa shape index (κ3) is 3.11. The third-order valence-corrected chi connectivity index (χ3v) is 5.65. The maximum atomic E-state index is 12.7. The highest BCUT2D eigenvalue weighted by atomic mass is 16.3. The van der Waals surface area contributed by atoms with Gasteiger partial charge in [-0.2, -0.15) is 4.52 Å². The monoisotopic (exact) mass is 381 g/mol. The minimum atomic E-state index is -0.299. The van der Waals surface area contributed by atoms with Crippen LogP contribution in [0.5, 0.6) is 0 Å². The van der Waals surface area contributed by atoms with Gasteiger partial charge in [-0.25, -0.2) is 9.97 Å². The number of carbonyl (C=O) groups excluding carboxylic acids is 1. The van der Waals surface area contributed by atoms with Crippen LogP contribution in [0.1, 0.15) is 48.6 Å². The lowest BCUT2D eigenvalue weighted by Gasteiger charge is -2.16. The van der Waals surface area contributed by atoms with Crippen molar-refractivity contribution in [1.82, 2.24) is 24.1 Å². The molecule has 2 atom stereocenters. The number of fused-ring (bicyclic) bond motifs is 1. The summed E-state index contributed by atoms with van der Waals surface area (Å²) in [5.74, 6) is 1.11. The molecule has 0 aromatic carbocycles. The molecule has 1 aliphatic carbocycles. The van der Waals surface area contributed by atoms with Gasteiger partial charge in [-0.15, -0.1) is 5.10 Å². The Morgan fingerprint density at radius 2 is 2.04 bits per heavy atom. The van der Waals surface area contributed by atoms with Crippen molar-refractivity contribution < 1.29 is 9.90 Å². The number of amides is 1. The summed E-state index contributed by atoms with van der Waals surface area (Å²) in [7, 11) is 0. The predicted octanol–water partition coefficient (Wildman–Crippen LogP) is 1.86. The third-order valence-electron chi connectivity index (χ3n) is 5.65. The van der Waals surface area contributed by atoms with E-state index in [1.165, 1.54) is 12.8 Å². The fraction of sp³-hybridized carbons (Fsp3) is 0.474. The molecule has 1 saturated heterocycles. The van der Waals surface area contributed by atoms with E-state index in [-0.39, 0.29) is 18.1 Å². The van der Waals surface area contributed by atoms with E-state index in [0.717, 1.165) is 31.7 Å². The molecule has 2 fully saturated rings. The summed E-state index contributed by atoms with van der Waals surface area (Å²) in [6.45, 7) is 2.00. The van der Waals surface area contributed by atoms with Gasteiger partial charge < -0.3 is 19.9 Å². The SMILES string of the molecule is O=C(Nc1cnc2ccc(N3CCCC3)nn12)c1cn(C2CCC(O)C2)cn1. The normalized spacial score (nSPS) is 22.2. The number of carbonyl (C=O) groups is 1. The van der Waals surface area contributed by atoms with Crippen molar-refractivity contribution in [2.45, 2.75) is 44.2 Å². The Hall–Kier alpha value is -2.94. The fourth-order valence-electron chi connectivity index (χ4n) is 4.10. The number of aromatic nitrogens is 5. The lowest BCUT2D eigenvalue weighted by molar-refractivity contribution is 0.102. The first kappa shape index (κ1) is 17.2. The van der Waals surface area contributed by atoms with Gasteiger partial charge in [0.2, 0.25) is 0 Å². The Balaban J connectivity index is 1.35. The van der Waals surface area contributed by atoms with Gasteiger partial charge in [0.05, 0.1) is 18.6 Å². The predicted molar refractivity (Wildman–Crippen MR) is 104 cm³/mol. The largest absolute Gasteiger partial charge is 0.393 e. The molecule has 1 amide bonds. The molecule has 9 heteroatoms. The van der Waals surface area contributed by atoms with Crippen LogP contribution in [-0.4, -0.2) is 54.4 Å². The zero-order chi connectivity index (χ0) is 19.1. The number of nitrogens with zero attached hydrogens (tertiary/aromatic N) is 6. The molecule has 4 heterocycles. The molecule has 0 spiro atoms. The molecule has 0 radical (unpaired) electrons. The van der Waals surface area contributed by atoms with Gasteiger partial charge >= 0.3 is 0 Å². The Kier molecular flexibility index (Phi) is 4.23. The van der Waals surface area contributed by atoms with E-state index in [0.29, 0.717) is 23.6 Å². The van der Waals surface area contributed by atoms with Gasteiger partial charge in [0.1, 0.15) is 11.5 Å². The van der Waals surface area contributed by atoms with Crippen molar-refractivity contribution in [2.24, 2.45) is 0 Å². The molecule has 2 unspecified atom stereocenters. The number of nitrogens with one attached hydrogen (secondary N) is 1. The Morgan fingerprint density at radius 3 is 2.82 bits per heavy atom. The standard InChI is InChI=1S/C19H23N7O2/c27-14-4-3-13(9-14)25-11-15(21-12-25)19(28)22-18-10-20-16-5-6-17(23-26(16)18)24-7-1-2-8-24/h5-6,10-14,27H,1-4,7-9H2,(H,22,28). The minimum Gasteiger partial charge on any atom is -0.393 e. The minimum absolute atomic E-state index is 0.199. The van der Waals surface area contributed by atoms with Gasteiger partial charge in [0, 0.05) is 25.3 Å². The number of imidazole rings is 2. The molecular weight excluding hydrogens is 358 g/mol. The van der Waals surface area contributed by atoms with E-state index in [4.69, 9.17) is 0 Å². The molecule has 28 heavy (non-hydrogen) atoms. The summed E-state index contributed by atoms with van der Waals surface area (Å²) in [6, 6.07) is 4.08. The molecule has 5 rings (SSSR count). The zero-order valence-electron chi connectivity index (χ0n) is 15.5. The van der Waals surface area contributed by atoms with Crippen LogP contribution in [0.25, 0.3) is 5.65 Å². The summed E-state index contributed by atoms with van der Waals surface area (Å²) < 4.78 is 3.58. The second-order valence-corrected chi connectivity index (χ2v) is 7.58. The average molecular weight is 381 g/mol. The fourth-order valence-corrected chi connectivity index (χ4v) is 4.10. The molecule has 146 valence electrons. The Morgan fingerprint density at radius 1 is 1.18 bits per heavy atom. The molecule has 1 aliphatic heterocycles. The quantitative estimate of drug-likeness (QED) is 0.716. The molecule has 2 aliphatic rings. The maximum absolute atomic E-state index is 12.7. The lowest BCUT2D eigenvalue weighted by atomic mass is 10.2. The molecular formula is C19H23N7O2. The van der Waals surface area contributed by atoms with Crippen molar-refractivity contribution in [3.05, 3.63) is 36.5 Å². The average Bonchev–Trinajstić information content (AvgIpc) is 3.48. The summed E-state index contributed by atoms with van der Waals surface area (Å²) in [6.07, 6.45) is 9.49. The van der Waals surface area contributed by atoms with Crippen molar-refractivity contribution in [3.63, 3.8) is 0 Å². The number of hydrogen-bond acceptors (Lipinski definition) is 6. The number of hydrogen-bond donors (Lipinski definition) is 2. The van der Waals surface area contributed by atoms with Crippen LogP contribution in [-0.2, 0) is 0 Å². The first-order valence-electron chi connectivity index (χ1n) is 9.80. The second-order valence-electron chi connectivity index (χ2n) is 7.58. The van der Waals surface area contributed by atoms with Crippen molar-refractivity contribution >= 4 is 23.2 Å². The van der Waals surface area contributed by atoms with E-state index < -0.39 is 0 Å². The van der Waals surface area contributed by atoms with E-state index in [1.807, 2.05) is 16.7 Å². The summed E-state index contributed by atoms with van der Waals surface area (Å²) in [5.41, 5.74) is 1.02. The maximum Gasteiger partial charge on any atom is 0.277 e. The van der Waals surface area contributed by atoms with Crippen LogP contribution in [0.2, 0.25) is 0 Å². The van der Waals surface area contributed by atoms with Crippen LogP contribution in [0.3, 0.4) is 0 Å². The van der Waals surface area contributed by atoms with Crippen LogP contribution in [0.15, 0.2) is 30.9 Å². The lowest BCUT2D eigenvalue weighted by Crippen LogP contribution is -2.20. The first-order valence-corrected chi connectivity index (χ1v) is 9.80. The molecule has 2 N–H and O–H groups in total. The number of rotatable bonds is 4. The van der Waals surface area contributed by atoms with Crippen LogP contribution in [0, 0.1) is 0 Å². The van der Waals surface area contributed by atoms with Crippen LogP contribution >= 0.6 is 0 Å². The van der Waals surface area contributed by atoms with Crippen molar-refractivity contribution in [2.75, 3.05) is 23.3 Å². The van der Waals surface area contributed by atoms with E-state index in [2.05, 4.69) is 25.3 Å². The van der Waals surface area contributed by atoms with Crippen molar-refractivity contribution in [1.29, 1.82) is 0 Å². The zero-order valence-corrected chi connectivity index (χ0v) is 15.5. The van der Waals surface area contributed by atoms with E-state index in [9.17, 15) is 9.90 Å². The first-order chi connectivity index (χ1) is 13.7. The number of aliphatic hydroxyl groups is 1. The van der Waals surface area contributed by atoms with Crippen LogP contribution in [0.4, 0.5) is 11.6 Å². The Labute approximate surface area is 162 Å². The molecule has 3 aromatic rings. The van der Waals surface area contributed by atoms with Gasteiger partial charge in [0.15, 0.2) is 11.5 Å². The van der Waals surface area contributed by atoms with Gasteiger partial charge in [0.25, 0.3) is 5.91 Å². The number of aliphatic hydroxyl groups excluding tert-OH is 1.